The third-order valence-corrected chi connectivity index (χ3v) is 4.18. The van der Waals surface area contributed by atoms with E-state index in [2.05, 4.69) is 35.0 Å². The summed E-state index contributed by atoms with van der Waals surface area (Å²) in [7, 11) is 0. The van der Waals surface area contributed by atoms with E-state index in [9.17, 15) is 5.11 Å². The maximum absolute atomic E-state index is 10.3. The lowest BCUT2D eigenvalue weighted by Gasteiger charge is -2.21. The van der Waals surface area contributed by atoms with Crippen LogP contribution in [-0.4, -0.2) is 21.5 Å². The van der Waals surface area contributed by atoms with Crippen LogP contribution < -0.4 is 0 Å². The molecule has 0 unspecified atom stereocenters. The fourth-order valence-electron chi connectivity index (χ4n) is 2.79. The van der Waals surface area contributed by atoms with Crippen LogP contribution in [0.1, 0.15) is 18.1 Å². The van der Waals surface area contributed by atoms with E-state index in [0.29, 0.717) is 12.3 Å². The van der Waals surface area contributed by atoms with Crippen LogP contribution in [-0.2, 0) is 13.1 Å². The van der Waals surface area contributed by atoms with E-state index in [1.165, 1.54) is 5.56 Å². The topological polar surface area (TPSA) is 36.4 Å². The Kier molecular flexibility index (Phi) is 5.24. The molecule has 0 aliphatic carbocycles. The first-order valence-electron chi connectivity index (χ1n) is 8.25. The van der Waals surface area contributed by atoms with Crippen LogP contribution in [0.2, 0.25) is 0 Å². The maximum Gasteiger partial charge on any atom is 0.120 e. The van der Waals surface area contributed by atoms with Gasteiger partial charge in [0, 0.05) is 31.0 Å². The quantitative estimate of drug-likeness (QED) is 0.728. The normalized spacial score (nSPS) is 10.9. The molecule has 1 heterocycles. The van der Waals surface area contributed by atoms with Crippen LogP contribution in [0.5, 0.6) is 5.75 Å². The van der Waals surface area contributed by atoms with Gasteiger partial charge in [-0.1, -0.05) is 43.3 Å². The summed E-state index contributed by atoms with van der Waals surface area (Å²) < 4.78 is 0. The van der Waals surface area contributed by atoms with Gasteiger partial charge >= 0.3 is 0 Å². The molecule has 3 nitrogen and oxygen atoms in total. The highest BCUT2D eigenvalue weighted by Crippen LogP contribution is 2.27. The van der Waals surface area contributed by atoms with Gasteiger partial charge in [-0.05, 0) is 47.5 Å². The van der Waals surface area contributed by atoms with Crippen molar-refractivity contribution in [3.8, 4) is 16.9 Å². The predicted octanol–water partition coefficient (Wildman–Crippen LogP) is 4.48. The molecule has 3 aromatic rings. The zero-order valence-electron chi connectivity index (χ0n) is 13.9. The van der Waals surface area contributed by atoms with E-state index >= 15 is 0 Å². The standard InChI is InChI=1S/C21H22N2O/c1-2-23(15-17-10-12-22-13-11-17)16-20-14-19(8-9-21(20)24)18-6-4-3-5-7-18/h3-14,24H,2,15-16H2,1H3. The van der Waals surface area contributed by atoms with Crippen LogP contribution in [0.25, 0.3) is 11.1 Å². The molecule has 0 radical (unpaired) electrons. The number of hydrogen-bond acceptors (Lipinski definition) is 3. The highest BCUT2D eigenvalue weighted by molar-refractivity contribution is 5.65. The first-order valence-corrected chi connectivity index (χ1v) is 8.25. The van der Waals surface area contributed by atoms with Crippen molar-refractivity contribution < 1.29 is 5.11 Å². The van der Waals surface area contributed by atoms with E-state index in [0.717, 1.165) is 29.8 Å². The minimum Gasteiger partial charge on any atom is -0.508 e. The van der Waals surface area contributed by atoms with Gasteiger partial charge in [0.25, 0.3) is 0 Å². The molecule has 0 aliphatic heterocycles. The third kappa shape index (κ3) is 4.00. The van der Waals surface area contributed by atoms with Crippen molar-refractivity contribution in [2.45, 2.75) is 20.0 Å². The zero-order valence-corrected chi connectivity index (χ0v) is 13.9. The van der Waals surface area contributed by atoms with E-state index in [-0.39, 0.29) is 0 Å². The average molecular weight is 318 g/mol. The summed E-state index contributed by atoms with van der Waals surface area (Å²) in [4.78, 5) is 6.37. The lowest BCUT2D eigenvalue weighted by atomic mass is 10.0. The fraction of sp³-hybridized carbons (Fsp3) is 0.190. The highest BCUT2D eigenvalue weighted by atomic mass is 16.3. The fourth-order valence-corrected chi connectivity index (χ4v) is 2.79. The van der Waals surface area contributed by atoms with Crippen molar-refractivity contribution in [3.05, 3.63) is 84.2 Å². The monoisotopic (exact) mass is 318 g/mol. The Morgan fingerprint density at radius 3 is 2.33 bits per heavy atom. The zero-order chi connectivity index (χ0) is 16.8. The first kappa shape index (κ1) is 16.2. The molecule has 2 aromatic carbocycles. The first-order chi connectivity index (χ1) is 11.8. The second-order valence-electron chi connectivity index (χ2n) is 5.87. The average Bonchev–Trinajstić information content (AvgIpc) is 2.64. The van der Waals surface area contributed by atoms with Crippen molar-refractivity contribution in [1.29, 1.82) is 0 Å². The van der Waals surface area contributed by atoms with Crippen molar-refractivity contribution >= 4 is 0 Å². The van der Waals surface area contributed by atoms with E-state index in [1.54, 1.807) is 6.07 Å². The minimum atomic E-state index is 0.350. The second kappa shape index (κ2) is 7.75. The summed E-state index contributed by atoms with van der Waals surface area (Å²) in [6.07, 6.45) is 3.63. The molecule has 0 atom stereocenters. The number of hydrogen-bond donors (Lipinski definition) is 1. The molecular formula is C21H22N2O. The molecule has 122 valence electrons. The molecule has 0 amide bonds. The number of aromatic hydroxyl groups is 1. The lowest BCUT2D eigenvalue weighted by molar-refractivity contribution is 0.267. The van der Waals surface area contributed by atoms with Crippen LogP contribution in [0.4, 0.5) is 0 Å². The Hall–Kier alpha value is -2.65. The smallest absolute Gasteiger partial charge is 0.120 e. The molecule has 0 saturated heterocycles. The molecule has 1 N–H and O–H groups in total. The molecule has 1 aromatic heterocycles. The number of nitrogens with zero attached hydrogens (tertiary/aromatic N) is 2. The molecule has 3 heteroatoms. The second-order valence-corrected chi connectivity index (χ2v) is 5.87. The number of phenols is 1. The van der Waals surface area contributed by atoms with Crippen molar-refractivity contribution in [2.24, 2.45) is 0 Å². The number of aromatic nitrogens is 1. The van der Waals surface area contributed by atoms with Gasteiger partial charge in [0.05, 0.1) is 0 Å². The van der Waals surface area contributed by atoms with Gasteiger partial charge < -0.3 is 5.11 Å². The van der Waals surface area contributed by atoms with Crippen LogP contribution in [0, 0.1) is 0 Å². The van der Waals surface area contributed by atoms with Crippen LogP contribution in [0.15, 0.2) is 73.1 Å². The number of rotatable bonds is 6. The summed E-state index contributed by atoms with van der Waals surface area (Å²) in [6.45, 7) is 4.61. The van der Waals surface area contributed by atoms with Crippen molar-refractivity contribution in [2.75, 3.05) is 6.54 Å². The molecule has 0 aliphatic rings. The maximum atomic E-state index is 10.3. The summed E-state index contributed by atoms with van der Waals surface area (Å²) in [5, 5.41) is 10.3. The number of benzene rings is 2. The van der Waals surface area contributed by atoms with Crippen LogP contribution >= 0.6 is 0 Å². The largest absolute Gasteiger partial charge is 0.508 e. The van der Waals surface area contributed by atoms with Crippen molar-refractivity contribution in [1.82, 2.24) is 9.88 Å². The van der Waals surface area contributed by atoms with Gasteiger partial charge in [-0.15, -0.1) is 0 Å². The summed E-state index contributed by atoms with van der Waals surface area (Å²) in [6, 6.07) is 20.2. The Morgan fingerprint density at radius 1 is 0.875 bits per heavy atom. The van der Waals surface area contributed by atoms with Gasteiger partial charge in [-0.3, -0.25) is 9.88 Å². The predicted molar refractivity (Wildman–Crippen MR) is 97.6 cm³/mol. The molecule has 24 heavy (non-hydrogen) atoms. The SMILES string of the molecule is CCN(Cc1ccncc1)Cc1cc(-c2ccccc2)ccc1O. The van der Waals surface area contributed by atoms with Gasteiger partial charge in [0.15, 0.2) is 0 Å². The Labute approximate surface area is 143 Å². The summed E-state index contributed by atoms with van der Waals surface area (Å²) >= 11 is 0. The van der Waals surface area contributed by atoms with E-state index in [1.807, 2.05) is 48.8 Å². The summed E-state index contributed by atoms with van der Waals surface area (Å²) in [5.74, 6) is 0.350. The molecular weight excluding hydrogens is 296 g/mol. The molecule has 3 rings (SSSR count). The van der Waals surface area contributed by atoms with Crippen molar-refractivity contribution in [3.63, 3.8) is 0 Å². The minimum absolute atomic E-state index is 0.350. The highest BCUT2D eigenvalue weighted by Gasteiger charge is 2.10. The Balaban J connectivity index is 1.80. The van der Waals surface area contributed by atoms with E-state index < -0.39 is 0 Å². The molecule has 0 bridgehead atoms. The van der Waals surface area contributed by atoms with Gasteiger partial charge in [0.1, 0.15) is 5.75 Å². The van der Waals surface area contributed by atoms with Gasteiger partial charge in [-0.25, -0.2) is 0 Å². The van der Waals surface area contributed by atoms with Crippen LogP contribution in [0.3, 0.4) is 0 Å². The Morgan fingerprint density at radius 2 is 1.62 bits per heavy atom. The third-order valence-electron chi connectivity index (χ3n) is 4.18. The van der Waals surface area contributed by atoms with Gasteiger partial charge in [0.2, 0.25) is 0 Å². The molecule has 0 saturated carbocycles. The Bertz CT molecular complexity index is 772. The lowest BCUT2D eigenvalue weighted by Crippen LogP contribution is -2.22. The number of phenolic OH excluding ortho intramolecular Hbond substituents is 1. The summed E-state index contributed by atoms with van der Waals surface area (Å²) in [5.41, 5.74) is 4.47. The molecule has 0 fully saturated rings. The number of pyridine rings is 1. The van der Waals surface area contributed by atoms with Gasteiger partial charge in [-0.2, -0.15) is 0 Å². The molecule has 0 spiro atoms. The van der Waals surface area contributed by atoms with E-state index in [4.69, 9.17) is 0 Å².